The lowest BCUT2D eigenvalue weighted by atomic mass is 9.57. The predicted octanol–water partition coefficient (Wildman–Crippen LogP) is 3.80. The van der Waals surface area contributed by atoms with E-state index in [1.165, 1.54) is 24.4 Å². The smallest absolute Gasteiger partial charge is 0.387 e. The van der Waals surface area contributed by atoms with Crippen molar-refractivity contribution in [2.24, 2.45) is 11.1 Å². The maximum absolute atomic E-state index is 15.3. The Bertz CT molecular complexity index is 1700. The number of aliphatic hydroxyl groups is 1. The Hall–Kier alpha value is -4.03. The number of nitrogens with two attached hydrogens (primary N) is 1. The number of carbonyl (C=O) groups is 1. The third-order valence-corrected chi connectivity index (χ3v) is 8.37. The lowest BCUT2D eigenvalue weighted by molar-refractivity contribution is -0.0506. The Morgan fingerprint density at radius 2 is 2.02 bits per heavy atom. The van der Waals surface area contributed by atoms with Gasteiger partial charge in [-0.15, -0.1) is 0 Å². The van der Waals surface area contributed by atoms with E-state index in [4.69, 9.17) is 10.5 Å². The summed E-state index contributed by atoms with van der Waals surface area (Å²) in [5.74, 6) is -1.11. The molecule has 1 aliphatic heterocycles. The molecular formula is C28H25F3N6O3. The molecule has 1 amide bonds. The van der Waals surface area contributed by atoms with Crippen LogP contribution in [-0.2, 0) is 5.54 Å². The molecule has 206 valence electrons. The van der Waals surface area contributed by atoms with Gasteiger partial charge in [0.1, 0.15) is 11.6 Å². The van der Waals surface area contributed by atoms with Gasteiger partial charge in [-0.25, -0.2) is 14.4 Å². The van der Waals surface area contributed by atoms with Gasteiger partial charge in [-0.3, -0.25) is 14.2 Å². The number of aromatic nitrogens is 4. The van der Waals surface area contributed by atoms with Crippen LogP contribution >= 0.6 is 0 Å². The lowest BCUT2D eigenvalue weighted by Crippen LogP contribution is -2.56. The molecule has 2 unspecified atom stereocenters. The molecule has 4 aromatic rings. The second kappa shape index (κ2) is 8.48. The highest BCUT2D eigenvalue weighted by Gasteiger charge is 2.52. The average Bonchev–Trinajstić information content (AvgIpc) is 3.39. The number of nitrogens with one attached hydrogen (secondary N) is 1. The van der Waals surface area contributed by atoms with Gasteiger partial charge in [-0.1, -0.05) is 13.0 Å². The molecule has 4 N–H and O–H groups in total. The van der Waals surface area contributed by atoms with Crippen LogP contribution < -0.4 is 15.8 Å². The van der Waals surface area contributed by atoms with Crippen LogP contribution in [0.1, 0.15) is 71.1 Å². The molecule has 0 spiro atoms. The summed E-state index contributed by atoms with van der Waals surface area (Å²) in [6.07, 6.45) is 6.11. The van der Waals surface area contributed by atoms with Crippen LogP contribution in [0.4, 0.5) is 13.2 Å². The molecule has 2 bridgehead atoms. The van der Waals surface area contributed by atoms with Crippen molar-refractivity contribution in [3.8, 4) is 16.9 Å². The molecule has 0 radical (unpaired) electrons. The molecule has 3 aliphatic rings. The van der Waals surface area contributed by atoms with Crippen molar-refractivity contribution in [3.63, 3.8) is 0 Å². The van der Waals surface area contributed by atoms with Crippen molar-refractivity contribution in [1.29, 1.82) is 0 Å². The number of halogens is 3. The first kappa shape index (κ1) is 25.0. The van der Waals surface area contributed by atoms with Crippen LogP contribution in [0.3, 0.4) is 0 Å². The Morgan fingerprint density at radius 1 is 1.25 bits per heavy atom. The monoisotopic (exact) mass is 550 g/mol. The van der Waals surface area contributed by atoms with Crippen molar-refractivity contribution in [2.45, 2.75) is 50.3 Å². The quantitative estimate of drug-likeness (QED) is 0.345. The minimum atomic E-state index is -3.06. The number of ether oxygens (including phenoxy) is 1. The molecule has 0 saturated heterocycles. The zero-order chi connectivity index (χ0) is 28.0. The Labute approximate surface area is 226 Å². The number of fused-ring (bicyclic) bond motifs is 9. The Kier molecular flexibility index (Phi) is 5.30. The van der Waals surface area contributed by atoms with Crippen LogP contribution in [-0.4, -0.2) is 43.6 Å². The lowest BCUT2D eigenvalue weighted by Gasteiger charge is -2.51. The summed E-state index contributed by atoms with van der Waals surface area (Å²) in [7, 11) is 0. The van der Waals surface area contributed by atoms with Crippen LogP contribution in [0.15, 0.2) is 42.9 Å². The fourth-order valence-corrected chi connectivity index (χ4v) is 6.81. The molecule has 1 aromatic carbocycles. The molecule has 1 fully saturated rings. The Balaban J connectivity index is 1.31. The summed E-state index contributed by atoms with van der Waals surface area (Å²) in [6, 6.07) is 5.44. The number of rotatable bonds is 5. The highest BCUT2D eigenvalue weighted by molar-refractivity contribution is 5.98. The standard InChI is InChI=1S/C28H25F3N6O3/c1-27(12-38)10-28(32,11-27)23-17(29)5-13(7-33-23)14-8-34-26-36-21-18-6-16(22(21)37(26)9-14)20-15(24(39)35-18)3-2-4-19(20)40-25(30)31/h2-5,7-9,16,18,25,38H,6,10-12,32H2,1H3,(H,35,39). The van der Waals surface area contributed by atoms with E-state index in [2.05, 4.69) is 20.3 Å². The largest absolute Gasteiger partial charge is 0.434 e. The van der Waals surface area contributed by atoms with Gasteiger partial charge in [-0.05, 0) is 42.9 Å². The van der Waals surface area contributed by atoms with E-state index in [0.717, 1.165) is 0 Å². The van der Waals surface area contributed by atoms with Crippen LogP contribution in [0, 0.1) is 11.2 Å². The summed E-state index contributed by atoms with van der Waals surface area (Å²) in [4.78, 5) is 26.4. The zero-order valence-electron chi connectivity index (χ0n) is 21.4. The first-order valence-electron chi connectivity index (χ1n) is 12.9. The molecule has 4 heterocycles. The van der Waals surface area contributed by atoms with E-state index in [0.29, 0.717) is 53.1 Å². The van der Waals surface area contributed by atoms with E-state index in [9.17, 15) is 18.7 Å². The number of amides is 1. The van der Waals surface area contributed by atoms with Gasteiger partial charge in [0.25, 0.3) is 5.91 Å². The number of pyridine rings is 1. The van der Waals surface area contributed by atoms with Crippen LogP contribution in [0.5, 0.6) is 5.75 Å². The minimum Gasteiger partial charge on any atom is -0.434 e. The van der Waals surface area contributed by atoms with Crippen molar-refractivity contribution < 1.29 is 27.8 Å². The second-order valence-electron chi connectivity index (χ2n) is 11.3. The predicted molar refractivity (Wildman–Crippen MR) is 136 cm³/mol. The first-order chi connectivity index (χ1) is 19.1. The van der Waals surface area contributed by atoms with E-state index in [1.807, 2.05) is 6.92 Å². The normalized spacial score (nSPS) is 26.7. The number of carbonyl (C=O) groups excluding carboxylic acids is 1. The molecule has 2 aliphatic carbocycles. The summed E-state index contributed by atoms with van der Waals surface area (Å²) < 4.78 is 48.4. The van der Waals surface area contributed by atoms with E-state index in [-0.39, 0.29) is 34.9 Å². The van der Waals surface area contributed by atoms with E-state index >= 15 is 4.39 Å². The van der Waals surface area contributed by atoms with Crippen LogP contribution in [0.2, 0.25) is 0 Å². The molecule has 3 aromatic heterocycles. The molecule has 40 heavy (non-hydrogen) atoms. The number of hydrogen-bond donors (Lipinski definition) is 3. The zero-order valence-corrected chi connectivity index (χ0v) is 21.4. The molecule has 1 saturated carbocycles. The number of benzene rings is 1. The van der Waals surface area contributed by atoms with Gasteiger partial charge in [0.05, 0.1) is 28.7 Å². The SMILES string of the molecule is CC1(CO)CC(N)(c2ncc(-c3cnc4nc5c(n4c3)C3CC5NC(=O)c4cccc(OC(F)F)c43)cc2F)C1. The molecule has 2 atom stereocenters. The highest BCUT2D eigenvalue weighted by atomic mass is 19.3. The van der Waals surface area contributed by atoms with Gasteiger partial charge >= 0.3 is 6.61 Å². The number of alkyl halides is 2. The fourth-order valence-electron chi connectivity index (χ4n) is 6.81. The number of nitrogens with zero attached hydrogens (tertiary/aromatic N) is 4. The number of hydrogen-bond acceptors (Lipinski definition) is 7. The highest BCUT2D eigenvalue weighted by Crippen LogP contribution is 2.52. The van der Waals surface area contributed by atoms with Crippen molar-refractivity contribution in [1.82, 2.24) is 24.7 Å². The summed E-state index contributed by atoms with van der Waals surface area (Å²) >= 11 is 0. The van der Waals surface area contributed by atoms with Gasteiger partial charge in [0.2, 0.25) is 5.78 Å². The maximum Gasteiger partial charge on any atom is 0.387 e. The third-order valence-electron chi connectivity index (χ3n) is 8.37. The van der Waals surface area contributed by atoms with Crippen LogP contribution in [0.25, 0.3) is 16.9 Å². The second-order valence-corrected chi connectivity index (χ2v) is 11.3. The number of aliphatic hydroxyl groups excluding tert-OH is 1. The molecule has 9 nitrogen and oxygen atoms in total. The topological polar surface area (TPSA) is 128 Å². The van der Waals surface area contributed by atoms with Crippen molar-refractivity contribution >= 4 is 11.7 Å². The van der Waals surface area contributed by atoms with Crippen molar-refractivity contribution in [3.05, 3.63) is 76.9 Å². The van der Waals surface area contributed by atoms with Gasteiger partial charge in [0, 0.05) is 53.4 Å². The fraction of sp³-hybridized carbons (Fsp3) is 0.357. The van der Waals surface area contributed by atoms with Gasteiger partial charge in [-0.2, -0.15) is 8.78 Å². The summed E-state index contributed by atoms with van der Waals surface area (Å²) in [5.41, 5.74) is 8.24. The molecular weight excluding hydrogens is 525 g/mol. The van der Waals surface area contributed by atoms with Gasteiger partial charge in [0.15, 0.2) is 0 Å². The third kappa shape index (κ3) is 3.62. The summed E-state index contributed by atoms with van der Waals surface area (Å²) in [6.45, 7) is -1.18. The number of imidazole rings is 1. The summed E-state index contributed by atoms with van der Waals surface area (Å²) in [5, 5.41) is 12.5. The molecule has 12 heteroatoms. The average molecular weight is 551 g/mol. The van der Waals surface area contributed by atoms with Gasteiger partial charge < -0.3 is 20.9 Å². The molecule has 7 rings (SSSR count). The van der Waals surface area contributed by atoms with E-state index < -0.39 is 29.9 Å². The first-order valence-corrected chi connectivity index (χ1v) is 12.9. The maximum atomic E-state index is 15.3. The minimum absolute atomic E-state index is 0.0294. The van der Waals surface area contributed by atoms with Crippen molar-refractivity contribution in [2.75, 3.05) is 6.61 Å². The van der Waals surface area contributed by atoms with E-state index in [1.54, 1.807) is 22.9 Å². The Morgan fingerprint density at radius 3 is 2.75 bits per heavy atom.